The number of nitrogens with zero attached hydrogens (tertiary/aromatic N) is 2. The van der Waals surface area contributed by atoms with Crippen LogP contribution < -0.4 is 5.32 Å². The molecular formula is C16H19N3. The second kappa shape index (κ2) is 5.71. The average Bonchev–Trinajstić information content (AvgIpc) is 2.43. The SMILES string of the molecule is CCCNc1c(C#N)cnc2c(C(C)C)cccc12. The quantitative estimate of drug-likeness (QED) is 0.894. The molecule has 3 nitrogen and oxygen atoms in total. The van der Waals surface area contributed by atoms with Gasteiger partial charge in [-0.15, -0.1) is 0 Å². The van der Waals surface area contributed by atoms with Crippen molar-refractivity contribution in [1.82, 2.24) is 4.98 Å². The molecule has 98 valence electrons. The minimum atomic E-state index is 0.420. The molecule has 2 rings (SSSR count). The standard InChI is InChI=1S/C16H19N3/c1-4-8-18-15-12(9-17)10-19-16-13(11(2)3)6-5-7-14(15)16/h5-7,10-11H,4,8H2,1-3H3,(H,18,19). The first-order chi connectivity index (χ1) is 9.19. The number of fused-ring (bicyclic) bond motifs is 1. The lowest BCUT2D eigenvalue weighted by molar-refractivity contribution is 0.872. The molecule has 0 bridgehead atoms. The molecule has 0 aliphatic rings. The molecule has 1 heterocycles. The molecule has 1 N–H and O–H groups in total. The van der Waals surface area contributed by atoms with Crippen LogP contribution in [-0.4, -0.2) is 11.5 Å². The summed E-state index contributed by atoms with van der Waals surface area (Å²) in [6.07, 6.45) is 2.70. The van der Waals surface area contributed by atoms with Crippen LogP contribution in [-0.2, 0) is 0 Å². The Morgan fingerprint density at radius 2 is 2.16 bits per heavy atom. The molecule has 0 saturated heterocycles. The van der Waals surface area contributed by atoms with Crippen LogP contribution in [0.25, 0.3) is 10.9 Å². The van der Waals surface area contributed by atoms with E-state index < -0.39 is 0 Å². The van der Waals surface area contributed by atoms with Gasteiger partial charge in [0, 0.05) is 18.1 Å². The lowest BCUT2D eigenvalue weighted by Crippen LogP contribution is -2.04. The second-order valence-electron chi connectivity index (χ2n) is 4.98. The Hall–Kier alpha value is -2.08. The molecule has 0 spiro atoms. The summed E-state index contributed by atoms with van der Waals surface area (Å²) in [7, 11) is 0. The topological polar surface area (TPSA) is 48.7 Å². The zero-order valence-corrected chi connectivity index (χ0v) is 11.7. The monoisotopic (exact) mass is 253 g/mol. The molecule has 0 fully saturated rings. The van der Waals surface area contributed by atoms with E-state index in [9.17, 15) is 5.26 Å². The Balaban J connectivity index is 2.68. The van der Waals surface area contributed by atoms with Gasteiger partial charge in [0.05, 0.1) is 16.8 Å². The van der Waals surface area contributed by atoms with Crippen LogP contribution >= 0.6 is 0 Å². The number of hydrogen-bond acceptors (Lipinski definition) is 3. The van der Waals surface area contributed by atoms with Crippen LogP contribution in [0, 0.1) is 11.3 Å². The van der Waals surface area contributed by atoms with Crippen LogP contribution in [0.2, 0.25) is 0 Å². The minimum Gasteiger partial charge on any atom is -0.383 e. The van der Waals surface area contributed by atoms with Crippen LogP contribution in [0.15, 0.2) is 24.4 Å². The summed E-state index contributed by atoms with van der Waals surface area (Å²) in [6, 6.07) is 8.40. The molecule has 0 aliphatic carbocycles. The van der Waals surface area contributed by atoms with E-state index in [0.29, 0.717) is 11.5 Å². The Bertz CT molecular complexity index is 624. The smallest absolute Gasteiger partial charge is 0.103 e. The van der Waals surface area contributed by atoms with Crippen molar-refractivity contribution in [2.75, 3.05) is 11.9 Å². The summed E-state index contributed by atoms with van der Waals surface area (Å²) in [5, 5.41) is 13.6. The van der Waals surface area contributed by atoms with Crippen molar-refractivity contribution in [3.63, 3.8) is 0 Å². The van der Waals surface area contributed by atoms with Gasteiger partial charge < -0.3 is 5.32 Å². The van der Waals surface area contributed by atoms with Gasteiger partial charge in [-0.2, -0.15) is 5.26 Å². The second-order valence-corrected chi connectivity index (χ2v) is 4.98. The number of anilines is 1. The summed E-state index contributed by atoms with van der Waals surface area (Å²) in [6.45, 7) is 7.29. The van der Waals surface area contributed by atoms with Crippen molar-refractivity contribution in [1.29, 1.82) is 5.26 Å². The molecule has 0 atom stereocenters. The van der Waals surface area contributed by atoms with Crippen LogP contribution in [0.1, 0.15) is 44.2 Å². The number of nitrogens with one attached hydrogen (secondary N) is 1. The Kier molecular flexibility index (Phi) is 4.01. The van der Waals surface area contributed by atoms with Crippen molar-refractivity contribution in [2.24, 2.45) is 0 Å². The van der Waals surface area contributed by atoms with Gasteiger partial charge >= 0.3 is 0 Å². The van der Waals surface area contributed by atoms with Crippen molar-refractivity contribution in [2.45, 2.75) is 33.1 Å². The van der Waals surface area contributed by atoms with Gasteiger partial charge in [-0.25, -0.2) is 0 Å². The highest BCUT2D eigenvalue weighted by atomic mass is 14.9. The maximum atomic E-state index is 9.23. The normalized spacial score (nSPS) is 10.7. The molecule has 1 aromatic carbocycles. The Morgan fingerprint density at radius 3 is 2.79 bits per heavy atom. The van der Waals surface area contributed by atoms with E-state index in [2.05, 4.69) is 43.2 Å². The highest BCUT2D eigenvalue weighted by Gasteiger charge is 2.12. The van der Waals surface area contributed by atoms with E-state index in [1.54, 1.807) is 6.20 Å². The number of aromatic nitrogens is 1. The summed E-state index contributed by atoms with van der Waals surface area (Å²) in [5.74, 6) is 0.420. The maximum absolute atomic E-state index is 9.23. The molecule has 0 aliphatic heterocycles. The molecule has 19 heavy (non-hydrogen) atoms. The molecule has 0 radical (unpaired) electrons. The van der Waals surface area contributed by atoms with E-state index in [-0.39, 0.29) is 0 Å². The fraction of sp³-hybridized carbons (Fsp3) is 0.375. The first kappa shape index (κ1) is 13.4. The predicted octanol–water partition coefficient (Wildman–Crippen LogP) is 4.05. The fourth-order valence-corrected chi connectivity index (χ4v) is 2.24. The van der Waals surface area contributed by atoms with E-state index in [0.717, 1.165) is 29.6 Å². The Labute approximate surface area is 114 Å². The minimum absolute atomic E-state index is 0.420. The Morgan fingerprint density at radius 1 is 1.37 bits per heavy atom. The molecular weight excluding hydrogens is 234 g/mol. The average molecular weight is 253 g/mol. The third-order valence-corrected chi connectivity index (χ3v) is 3.22. The maximum Gasteiger partial charge on any atom is 0.103 e. The highest BCUT2D eigenvalue weighted by molar-refractivity contribution is 5.95. The zero-order chi connectivity index (χ0) is 13.8. The van der Waals surface area contributed by atoms with Gasteiger partial charge in [0.15, 0.2) is 0 Å². The lowest BCUT2D eigenvalue weighted by atomic mass is 9.98. The third-order valence-electron chi connectivity index (χ3n) is 3.22. The molecule has 3 heteroatoms. The summed E-state index contributed by atoms with van der Waals surface area (Å²) in [4.78, 5) is 4.48. The molecule has 2 aromatic rings. The largest absolute Gasteiger partial charge is 0.383 e. The first-order valence-electron chi connectivity index (χ1n) is 6.74. The fourth-order valence-electron chi connectivity index (χ4n) is 2.24. The number of nitriles is 1. The van der Waals surface area contributed by atoms with E-state index in [4.69, 9.17) is 0 Å². The van der Waals surface area contributed by atoms with Gasteiger partial charge in [-0.3, -0.25) is 4.98 Å². The lowest BCUT2D eigenvalue weighted by Gasteiger charge is -2.14. The first-order valence-corrected chi connectivity index (χ1v) is 6.74. The third kappa shape index (κ3) is 2.53. The van der Waals surface area contributed by atoms with E-state index >= 15 is 0 Å². The predicted molar refractivity (Wildman–Crippen MR) is 79.3 cm³/mol. The highest BCUT2D eigenvalue weighted by Crippen LogP contribution is 2.30. The van der Waals surface area contributed by atoms with Gasteiger partial charge in [0.1, 0.15) is 6.07 Å². The summed E-state index contributed by atoms with van der Waals surface area (Å²) >= 11 is 0. The number of para-hydroxylation sites is 1. The van der Waals surface area contributed by atoms with Crippen LogP contribution in [0.4, 0.5) is 5.69 Å². The van der Waals surface area contributed by atoms with Crippen molar-refractivity contribution in [3.8, 4) is 6.07 Å². The van der Waals surface area contributed by atoms with E-state index in [1.165, 1.54) is 5.56 Å². The number of pyridine rings is 1. The van der Waals surface area contributed by atoms with E-state index in [1.807, 2.05) is 12.1 Å². The molecule has 0 unspecified atom stereocenters. The zero-order valence-electron chi connectivity index (χ0n) is 11.7. The number of benzene rings is 1. The molecule has 0 saturated carbocycles. The molecule has 0 amide bonds. The van der Waals surface area contributed by atoms with Gasteiger partial charge in [0.2, 0.25) is 0 Å². The number of rotatable bonds is 4. The van der Waals surface area contributed by atoms with Gasteiger partial charge in [0.25, 0.3) is 0 Å². The van der Waals surface area contributed by atoms with Crippen LogP contribution in [0.5, 0.6) is 0 Å². The van der Waals surface area contributed by atoms with Gasteiger partial charge in [-0.05, 0) is 17.9 Å². The van der Waals surface area contributed by atoms with Crippen molar-refractivity contribution in [3.05, 3.63) is 35.5 Å². The molecule has 1 aromatic heterocycles. The number of hydrogen-bond donors (Lipinski definition) is 1. The summed E-state index contributed by atoms with van der Waals surface area (Å²) in [5.41, 5.74) is 3.75. The van der Waals surface area contributed by atoms with Crippen molar-refractivity contribution >= 4 is 16.6 Å². The van der Waals surface area contributed by atoms with Crippen LogP contribution in [0.3, 0.4) is 0 Å². The van der Waals surface area contributed by atoms with Gasteiger partial charge in [-0.1, -0.05) is 39.0 Å². The summed E-state index contributed by atoms with van der Waals surface area (Å²) < 4.78 is 0. The van der Waals surface area contributed by atoms with Crippen molar-refractivity contribution < 1.29 is 0 Å².